The summed E-state index contributed by atoms with van der Waals surface area (Å²) < 4.78 is 5.37. The summed E-state index contributed by atoms with van der Waals surface area (Å²) in [5.74, 6) is 0.868. The van der Waals surface area contributed by atoms with Crippen LogP contribution in [0.5, 0.6) is 0 Å². The highest BCUT2D eigenvalue weighted by Gasteiger charge is 2.34. The fourth-order valence-electron chi connectivity index (χ4n) is 2.57. The molecule has 2 rings (SSSR count). The van der Waals surface area contributed by atoms with E-state index >= 15 is 0 Å². The minimum atomic E-state index is 0.526. The summed E-state index contributed by atoms with van der Waals surface area (Å²) in [7, 11) is 0. The standard InChI is InChI=1S/C12H23NO/c1-2-12(6-3-7-12)13-10-11-4-8-14-9-5-11/h11,13H,2-10H2,1H3. The van der Waals surface area contributed by atoms with Crippen LogP contribution in [0.1, 0.15) is 45.4 Å². The van der Waals surface area contributed by atoms with Crippen molar-refractivity contribution in [3.05, 3.63) is 0 Å². The predicted octanol–water partition coefficient (Wildman–Crippen LogP) is 2.34. The van der Waals surface area contributed by atoms with Gasteiger partial charge in [0, 0.05) is 18.8 Å². The fourth-order valence-corrected chi connectivity index (χ4v) is 2.57. The zero-order chi connectivity index (χ0) is 9.86. The topological polar surface area (TPSA) is 21.3 Å². The van der Waals surface area contributed by atoms with E-state index in [0.717, 1.165) is 19.1 Å². The lowest BCUT2D eigenvalue weighted by Gasteiger charge is -2.43. The summed E-state index contributed by atoms with van der Waals surface area (Å²) >= 11 is 0. The van der Waals surface area contributed by atoms with E-state index < -0.39 is 0 Å². The summed E-state index contributed by atoms with van der Waals surface area (Å²) in [6.07, 6.45) is 8.03. The van der Waals surface area contributed by atoms with Gasteiger partial charge in [-0.05, 0) is 51.0 Å². The van der Waals surface area contributed by atoms with Crippen molar-refractivity contribution in [1.29, 1.82) is 0 Å². The van der Waals surface area contributed by atoms with E-state index in [1.54, 1.807) is 0 Å². The Morgan fingerprint density at radius 2 is 2.00 bits per heavy atom. The Kier molecular flexibility index (Phi) is 3.45. The average Bonchev–Trinajstić information content (AvgIpc) is 2.19. The van der Waals surface area contributed by atoms with Crippen LogP contribution in [0, 0.1) is 5.92 Å². The molecule has 0 aromatic heterocycles. The first kappa shape index (κ1) is 10.4. The molecule has 2 fully saturated rings. The SMILES string of the molecule is CCC1(NCC2CCOCC2)CCC1. The number of nitrogens with one attached hydrogen (secondary N) is 1. The van der Waals surface area contributed by atoms with Gasteiger partial charge in [-0.15, -0.1) is 0 Å². The van der Waals surface area contributed by atoms with Crippen molar-refractivity contribution in [3.63, 3.8) is 0 Å². The Morgan fingerprint density at radius 3 is 2.50 bits per heavy atom. The Morgan fingerprint density at radius 1 is 1.29 bits per heavy atom. The van der Waals surface area contributed by atoms with Crippen molar-refractivity contribution in [2.24, 2.45) is 5.92 Å². The minimum Gasteiger partial charge on any atom is -0.381 e. The molecule has 1 aliphatic heterocycles. The first-order chi connectivity index (χ1) is 6.85. The zero-order valence-electron chi connectivity index (χ0n) is 9.35. The van der Waals surface area contributed by atoms with Crippen molar-refractivity contribution in [3.8, 4) is 0 Å². The molecule has 82 valence electrons. The van der Waals surface area contributed by atoms with Crippen LogP contribution in [-0.4, -0.2) is 25.3 Å². The van der Waals surface area contributed by atoms with Gasteiger partial charge in [0.25, 0.3) is 0 Å². The summed E-state index contributed by atoms with van der Waals surface area (Å²) in [6, 6.07) is 0. The van der Waals surface area contributed by atoms with Gasteiger partial charge in [-0.1, -0.05) is 6.92 Å². The largest absolute Gasteiger partial charge is 0.381 e. The molecule has 0 amide bonds. The van der Waals surface area contributed by atoms with Crippen LogP contribution in [0.4, 0.5) is 0 Å². The van der Waals surface area contributed by atoms with Crippen LogP contribution in [0.3, 0.4) is 0 Å². The second-order valence-electron chi connectivity index (χ2n) is 4.92. The predicted molar refractivity (Wildman–Crippen MR) is 58.4 cm³/mol. The molecule has 0 unspecified atom stereocenters. The van der Waals surface area contributed by atoms with E-state index in [-0.39, 0.29) is 0 Å². The van der Waals surface area contributed by atoms with Crippen LogP contribution in [0.15, 0.2) is 0 Å². The van der Waals surface area contributed by atoms with Gasteiger partial charge in [0.05, 0.1) is 0 Å². The van der Waals surface area contributed by atoms with Crippen LogP contribution >= 0.6 is 0 Å². The molecule has 14 heavy (non-hydrogen) atoms. The van der Waals surface area contributed by atoms with Crippen molar-refractivity contribution >= 4 is 0 Å². The van der Waals surface area contributed by atoms with E-state index in [2.05, 4.69) is 12.2 Å². The van der Waals surface area contributed by atoms with Gasteiger partial charge in [0.15, 0.2) is 0 Å². The maximum Gasteiger partial charge on any atom is 0.0469 e. The lowest BCUT2D eigenvalue weighted by molar-refractivity contribution is 0.0589. The highest BCUT2D eigenvalue weighted by molar-refractivity contribution is 4.95. The molecule has 0 spiro atoms. The monoisotopic (exact) mass is 197 g/mol. The lowest BCUT2D eigenvalue weighted by atomic mass is 9.74. The van der Waals surface area contributed by atoms with Crippen LogP contribution < -0.4 is 5.32 Å². The average molecular weight is 197 g/mol. The smallest absolute Gasteiger partial charge is 0.0469 e. The third-order valence-electron chi connectivity index (χ3n) is 4.09. The number of ether oxygens (including phenoxy) is 1. The first-order valence-electron chi connectivity index (χ1n) is 6.17. The van der Waals surface area contributed by atoms with Gasteiger partial charge in [-0.2, -0.15) is 0 Å². The van der Waals surface area contributed by atoms with Crippen molar-refractivity contribution in [1.82, 2.24) is 5.32 Å². The second kappa shape index (κ2) is 4.63. The van der Waals surface area contributed by atoms with Crippen molar-refractivity contribution in [2.45, 2.75) is 51.0 Å². The van der Waals surface area contributed by atoms with Gasteiger partial charge in [-0.3, -0.25) is 0 Å². The Hall–Kier alpha value is -0.0800. The molecule has 1 saturated carbocycles. The minimum absolute atomic E-state index is 0.526. The summed E-state index contributed by atoms with van der Waals surface area (Å²) in [6.45, 7) is 5.49. The number of hydrogen-bond acceptors (Lipinski definition) is 2. The van der Waals surface area contributed by atoms with Gasteiger partial charge in [-0.25, -0.2) is 0 Å². The second-order valence-corrected chi connectivity index (χ2v) is 4.92. The van der Waals surface area contributed by atoms with E-state index in [9.17, 15) is 0 Å². The lowest BCUT2D eigenvalue weighted by Crippen LogP contribution is -2.52. The van der Waals surface area contributed by atoms with Crippen molar-refractivity contribution in [2.75, 3.05) is 19.8 Å². The Balaban J connectivity index is 1.69. The third kappa shape index (κ3) is 2.29. The van der Waals surface area contributed by atoms with E-state index in [1.165, 1.54) is 45.1 Å². The summed E-state index contributed by atoms with van der Waals surface area (Å²) in [4.78, 5) is 0. The molecule has 0 bridgehead atoms. The van der Waals surface area contributed by atoms with E-state index in [0.29, 0.717) is 5.54 Å². The molecule has 0 atom stereocenters. The molecular weight excluding hydrogens is 174 g/mol. The Labute approximate surface area is 87.4 Å². The number of hydrogen-bond donors (Lipinski definition) is 1. The van der Waals surface area contributed by atoms with Gasteiger partial charge >= 0.3 is 0 Å². The van der Waals surface area contributed by atoms with Gasteiger partial charge < -0.3 is 10.1 Å². The van der Waals surface area contributed by atoms with E-state index in [4.69, 9.17) is 4.74 Å². The maximum absolute atomic E-state index is 5.37. The Bertz CT molecular complexity index is 166. The molecule has 2 aliphatic rings. The third-order valence-corrected chi connectivity index (χ3v) is 4.09. The van der Waals surface area contributed by atoms with Crippen molar-refractivity contribution < 1.29 is 4.74 Å². The highest BCUT2D eigenvalue weighted by Crippen LogP contribution is 2.34. The van der Waals surface area contributed by atoms with Gasteiger partial charge in [0.2, 0.25) is 0 Å². The summed E-state index contributed by atoms with van der Waals surface area (Å²) in [5.41, 5.74) is 0.526. The molecule has 0 radical (unpaired) electrons. The molecule has 0 aromatic rings. The molecule has 2 heteroatoms. The quantitative estimate of drug-likeness (QED) is 0.747. The van der Waals surface area contributed by atoms with Crippen LogP contribution in [0.25, 0.3) is 0 Å². The zero-order valence-corrected chi connectivity index (χ0v) is 9.35. The molecule has 1 heterocycles. The first-order valence-corrected chi connectivity index (χ1v) is 6.17. The summed E-state index contributed by atoms with van der Waals surface area (Å²) in [5, 5.41) is 3.80. The molecule has 0 aromatic carbocycles. The van der Waals surface area contributed by atoms with Gasteiger partial charge in [0.1, 0.15) is 0 Å². The maximum atomic E-state index is 5.37. The molecule has 1 saturated heterocycles. The number of rotatable bonds is 4. The van der Waals surface area contributed by atoms with E-state index in [1.807, 2.05) is 0 Å². The highest BCUT2D eigenvalue weighted by atomic mass is 16.5. The van der Waals surface area contributed by atoms with Crippen LogP contribution in [-0.2, 0) is 4.74 Å². The molecule has 1 aliphatic carbocycles. The molecular formula is C12H23NO. The fraction of sp³-hybridized carbons (Fsp3) is 1.00. The molecule has 2 nitrogen and oxygen atoms in total. The van der Waals surface area contributed by atoms with Crippen LogP contribution in [0.2, 0.25) is 0 Å². The molecule has 1 N–H and O–H groups in total. The normalized spacial score (nSPS) is 27.2.